The van der Waals surface area contributed by atoms with Crippen LogP contribution in [0.25, 0.3) is 0 Å². The molecule has 2 aliphatic heterocycles. The van der Waals surface area contributed by atoms with Crippen molar-refractivity contribution in [3.63, 3.8) is 0 Å². The van der Waals surface area contributed by atoms with Gasteiger partial charge in [-0.25, -0.2) is 17.1 Å². The number of carbonyl (C=O) groups is 3. The first-order chi connectivity index (χ1) is 18.9. The van der Waals surface area contributed by atoms with Gasteiger partial charge in [-0.2, -0.15) is 0 Å². The van der Waals surface area contributed by atoms with E-state index in [2.05, 4.69) is 37.2 Å². The first-order valence-corrected chi connectivity index (χ1v) is 15.1. The molecule has 2 aromatic rings. The molecule has 2 atom stereocenters. The molecule has 5 N–H and O–H groups in total. The number of piperidine rings is 2. The molecule has 0 saturated carbocycles. The van der Waals surface area contributed by atoms with Crippen LogP contribution in [-0.2, 0) is 24.4 Å². The summed E-state index contributed by atoms with van der Waals surface area (Å²) in [6.07, 6.45) is -0.188. The monoisotopic (exact) mass is 675 g/mol. The second-order valence-corrected chi connectivity index (χ2v) is 12.5. The lowest BCUT2D eigenvalue weighted by molar-refractivity contribution is -0.138. The predicted octanol–water partition coefficient (Wildman–Crippen LogP) is 3.08. The Morgan fingerprint density at radius 1 is 1.07 bits per heavy atom. The van der Waals surface area contributed by atoms with Crippen LogP contribution in [0, 0.1) is 11.7 Å². The lowest BCUT2D eigenvalue weighted by Crippen LogP contribution is -2.53. The number of carbonyl (C=O) groups excluding carboxylic acids is 3. The molecule has 2 aliphatic rings. The number of rotatable bonds is 6. The largest absolute Gasteiger partial charge is 0.504 e. The number of amides is 3. The maximum Gasteiger partial charge on any atom is 0.272 e. The highest BCUT2D eigenvalue weighted by Crippen LogP contribution is 2.40. The molecule has 2 heterocycles. The third-order valence-electron chi connectivity index (χ3n) is 6.41. The Morgan fingerprint density at radius 3 is 2.40 bits per heavy atom. The first-order valence-electron chi connectivity index (χ1n) is 12.0. The number of thiocarbonyl (C=S) groups is 1. The number of nitrogens with one attached hydrogen (secondary N) is 4. The van der Waals surface area contributed by atoms with Crippen molar-refractivity contribution in [3.05, 3.63) is 45.6 Å². The zero-order valence-electron chi connectivity index (χ0n) is 20.7. The summed E-state index contributed by atoms with van der Waals surface area (Å²) in [5, 5.41) is 21.2. The lowest BCUT2D eigenvalue weighted by Gasteiger charge is -2.36. The zero-order valence-corrected chi connectivity index (χ0v) is 24.6. The summed E-state index contributed by atoms with van der Waals surface area (Å²) < 4.78 is 42.7. The van der Waals surface area contributed by atoms with Gasteiger partial charge in [0.1, 0.15) is 10.7 Å². The van der Waals surface area contributed by atoms with Gasteiger partial charge in [0.05, 0.1) is 26.9 Å². The van der Waals surface area contributed by atoms with Gasteiger partial charge in [-0.3, -0.25) is 14.4 Å². The number of phenolic OH excluding ortho intramolecular Hbond substituents is 1. The Balaban J connectivity index is 1.70. The van der Waals surface area contributed by atoms with Gasteiger partial charge in [0, 0.05) is 31.8 Å². The van der Waals surface area contributed by atoms with Gasteiger partial charge in [-0.1, -0.05) is 17.7 Å². The Morgan fingerprint density at radius 2 is 1.73 bits per heavy atom. The van der Waals surface area contributed by atoms with Gasteiger partial charge in [0.15, 0.2) is 10.9 Å². The third-order valence-corrected chi connectivity index (χ3v) is 9.78. The summed E-state index contributed by atoms with van der Waals surface area (Å²) >= 11 is 14.6. The summed E-state index contributed by atoms with van der Waals surface area (Å²) in [6.45, 7) is 0.316. The second-order valence-electron chi connectivity index (χ2n) is 9.13. The van der Waals surface area contributed by atoms with Crippen molar-refractivity contribution in [1.29, 1.82) is 0 Å². The van der Waals surface area contributed by atoms with Gasteiger partial charge in [0.25, 0.3) is 10.0 Å². The van der Waals surface area contributed by atoms with Crippen LogP contribution < -0.4 is 21.3 Å². The Bertz CT molecular complexity index is 1490. The maximum absolute atomic E-state index is 14.1. The molecule has 40 heavy (non-hydrogen) atoms. The fourth-order valence-corrected chi connectivity index (χ4v) is 7.36. The van der Waals surface area contributed by atoms with E-state index in [0.717, 1.165) is 0 Å². The molecule has 214 valence electrons. The molecule has 0 spiro atoms. The topological polar surface area (TPSA) is 157 Å². The van der Waals surface area contributed by atoms with Crippen molar-refractivity contribution in [3.8, 4) is 5.75 Å². The average molecular weight is 677 g/mol. The summed E-state index contributed by atoms with van der Waals surface area (Å²) in [6, 6.07) is 5.63. The molecule has 2 aromatic carbocycles. The molecule has 4 rings (SSSR count). The van der Waals surface area contributed by atoms with Crippen LogP contribution in [0.5, 0.6) is 5.75 Å². The normalized spacial score (nSPS) is 19.3. The van der Waals surface area contributed by atoms with Gasteiger partial charge in [-0.05, 0) is 65.3 Å². The Hall–Kier alpha value is -3.01. The molecular weight excluding hydrogens is 653 g/mol. The van der Waals surface area contributed by atoms with Crippen LogP contribution in [-0.4, -0.2) is 59.8 Å². The molecule has 0 bridgehead atoms. The number of hydrogen-bond donors (Lipinski definition) is 5. The Labute approximate surface area is 248 Å². The SMILES string of the molecule is O=C1CC(C(=O)N(C2CCNC(=O)C2)S(=O)(=O)c2c(Cl)ccc(NC(=S)Nc3cccc(F)c3Br)c2O)CCN1. The zero-order chi connectivity index (χ0) is 29.2. The number of sulfonamides is 1. The standard InChI is InChI=1S/C24H24BrClFN5O6S2/c25-20-15(27)2-1-3-16(20)30-24(39)31-17-5-4-14(26)22(21(17)35)40(37,38)32(13-7-9-29-19(34)11-13)23(36)12-6-8-28-18(33)10-12/h1-5,12-13,35H,6-11H2,(H,28,33)(H,29,34)(H2,30,31,39). The molecule has 0 aliphatic carbocycles. The highest BCUT2D eigenvalue weighted by atomic mass is 79.9. The molecule has 2 saturated heterocycles. The fourth-order valence-electron chi connectivity index (χ4n) is 4.50. The minimum absolute atomic E-state index is 0.102. The smallest absolute Gasteiger partial charge is 0.272 e. The average Bonchev–Trinajstić information content (AvgIpc) is 2.88. The van der Waals surface area contributed by atoms with E-state index >= 15 is 0 Å². The van der Waals surface area contributed by atoms with Crippen LogP contribution in [0.3, 0.4) is 0 Å². The van der Waals surface area contributed by atoms with E-state index in [9.17, 15) is 32.3 Å². The first kappa shape index (κ1) is 30.0. The molecule has 0 aromatic heterocycles. The van der Waals surface area contributed by atoms with Crippen molar-refractivity contribution in [1.82, 2.24) is 14.9 Å². The highest BCUT2D eigenvalue weighted by Gasteiger charge is 2.44. The van der Waals surface area contributed by atoms with Crippen LogP contribution in [0.1, 0.15) is 25.7 Å². The van der Waals surface area contributed by atoms with Crippen molar-refractivity contribution >= 4 is 84.0 Å². The van der Waals surface area contributed by atoms with Crippen LogP contribution in [0.15, 0.2) is 39.7 Å². The van der Waals surface area contributed by atoms with E-state index in [1.165, 1.54) is 30.3 Å². The van der Waals surface area contributed by atoms with Crippen molar-refractivity contribution in [2.45, 2.75) is 36.6 Å². The van der Waals surface area contributed by atoms with Crippen molar-refractivity contribution < 1.29 is 32.3 Å². The van der Waals surface area contributed by atoms with Crippen LogP contribution in [0.2, 0.25) is 5.02 Å². The molecule has 3 amide bonds. The second kappa shape index (κ2) is 12.2. The minimum Gasteiger partial charge on any atom is -0.504 e. The number of nitrogens with zero attached hydrogens (tertiary/aromatic N) is 1. The molecular formula is C24H24BrClFN5O6S2. The summed E-state index contributed by atoms with van der Waals surface area (Å²) in [4.78, 5) is 37.0. The molecule has 0 radical (unpaired) electrons. The van der Waals surface area contributed by atoms with E-state index in [0.29, 0.717) is 4.31 Å². The van der Waals surface area contributed by atoms with Crippen LogP contribution in [0.4, 0.5) is 15.8 Å². The molecule has 16 heteroatoms. The van der Waals surface area contributed by atoms with E-state index < -0.39 is 56.2 Å². The van der Waals surface area contributed by atoms with Gasteiger partial charge in [0.2, 0.25) is 17.7 Å². The van der Waals surface area contributed by atoms with E-state index in [1.807, 2.05) is 0 Å². The molecule has 11 nitrogen and oxygen atoms in total. The molecule has 2 unspecified atom stereocenters. The lowest BCUT2D eigenvalue weighted by atomic mass is 9.95. The Kier molecular flexibility index (Phi) is 9.17. The third kappa shape index (κ3) is 6.32. The highest BCUT2D eigenvalue weighted by molar-refractivity contribution is 9.10. The van der Waals surface area contributed by atoms with E-state index in [-0.39, 0.29) is 64.8 Å². The van der Waals surface area contributed by atoms with Crippen molar-refractivity contribution in [2.24, 2.45) is 5.92 Å². The number of anilines is 2. The van der Waals surface area contributed by atoms with Gasteiger partial charge >= 0.3 is 0 Å². The minimum atomic E-state index is -4.85. The number of phenols is 1. The number of aromatic hydroxyl groups is 1. The van der Waals surface area contributed by atoms with Gasteiger partial charge in [-0.15, -0.1) is 0 Å². The summed E-state index contributed by atoms with van der Waals surface area (Å²) in [5.41, 5.74) is 0.0986. The predicted molar refractivity (Wildman–Crippen MR) is 153 cm³/mol. The maximum atomic E-state index is 14.1. The number of hydrogen-bond acceptors (Lipinski definition) is 7. The summed E-state index contributed by atoms with van der Waals surface area (Å²) in [7, 11) is -4.85. The quantitative estimate of drug-likeness (QED) is 0.229. The number of benzene rings is 2. The van der Waals surface area contributed by atoms with Crippen LogP contribution >= 0.6 is 39.7 Å². The van der Waals surface area contributed by atoms with Crippen molar-refractivity contribution in [2.75, 3.05) is 23.7 Å². The summed E-state index contributed by atoms with van der Waals surface area (Å²) in [5.74, 6) is -4.03. The number of halogens is 3. The molecule has 2 fully saturated rings. The fraction of sp³-hybridized carbons (Fsp3) is 0.333. The van der Waals surface area contributed by atoms with E-state index in [1.54, 1.807) is 0 Å². The van der Waals surface area contributed by atoms with E-state index in [4.69, 9.17) is 23.8 Å². The van der Waals surface area contributed by atoms with Gasteiger partial charge < -0.3 is 26.4 Å².